The van der Waals surface area contributed by atoms with Crippen molar-refractivity contribution >= 4 is 33.6 Å². The third kappa shape index (κ3) is 5.15. The number of anilines is 1. The van der Waals surface area contributed by atoms with Gasteiger partial charge in [0.05, 0.1) is 0 Å². The molecule has 0 aliphatic heterocycles. The molecule has 0 radical (unpaired) electrons. The Labute approximate surface area is 112 Å². The maximum absolute atomic E-state index is 11.4. The summed E-state index contributed by atoms with van der Waals surface area (Å²) in [6, 6.07) is 6.55. The first kappa shape index (κ1) is 14.5. The molecular formula is C11H13BrN2O4. The number of benzene rings is 1. The van der Waals surface area contributed by atoms with Crippen LogP contribution in [0.4, 0.5) is 10.5 Å². The van der Waals surface area contributed by atoms with Gasteiger partial charge in [0.25, 0.3) is 0 Å². The Balaban J connectivity index is 2.30. The first-order valence-corrected chi connectivity index (χ1v) is 5.99. The van der Waals surface area contributed by atoms with Crippen molar-refractivity contribution in [2.24, 2.45) is 0 Å². The fourth-order valence-electron chi connectivity index (χ4n) is 1.15. The number of carbonyl (C=O) groups is 2. The van der Waals surface area contributed by atoms with Crippen molar-refractivity contribution in [3.63, 3.8) is 0 Å². The van der Waals surface area contributed by atoms with Crippen LogP contribution in [-0.2, 0) is 4.79 Å². The molecule has 0 saturated carbocycles. The minimum Gasteiger partial charge on any atom is -0.479 e. The molecule has 0 heterocycles. The third-order valence-corrected chi connectivity index (χ3v) is 2.62. The fraction of sp³-hybridized carbons (Fsp3) is 0.273. The molecule has 0 saturated heterocycles. The molecule has 1 unspecified atom stereocenters. The second-order valence-corrected chi connectivity index (χ2v) is 4.45. The molecule has 0 fully saturated rings. The molecule has 0 aliphatic rings. The van der Waals surface area contributed by atoms with Gasteiger partial charge in [0, 0.05) is 23.1 Å². The van der Waals surface area contributed by atoms with Crippen LogP contribution in [0.3, 0.4) is 0 Å². The Morgan fingerprint density at radius 1 is 1.28 bits per heavy atom. The maximum Gasteiger partial charge on any atom is 0.332 e. The van der Waals surface area contributed by atoms with E-state index in [2.05, 4.69) is 26.6 Å². The molecule has 7 heteroatoms. The number of hydrogen-bond acceptors (Lipinski definition) is 3. The van der Waals surface area contributed by atoms with Gasteiger partial charge in [-0.1, -0.05) is 15.9 Å². The molecule has 0 aliphatic carbocycles. The monoisotopic (exact) mass is 316 g/mol. The van der Waals surface area contributed by atoms with E-state index < -0.39 is 18.1 Å². The van der Waals surface area contributed by atoms with E-state index in [9.17, 15) is 9.59 Å². The molecule has 1 aromatic rings. The fourth-order valence-corrected chi connectivity index (χ4v) is 1.42. The Morgan fingerprint density at radius 3 is 2.44 bits per heavy atom. The zero-order valence-electron chi connectivity index (χ0n) is 9.39. The van der Waals surface area contributed by atoms with E-state index in [1.807, 2.05) is 0 Å². The van der Waals surface area contributed by atoms with Crippen LogP contribution < -0.4 is 10.6 Å². The number of halogens is 1. The van der Waals surface area contributed by atoms with Crippen molar-refractivity contribution in [1.29, 1.82) is 0 Å². The normalized spacial score (nSPS) is 11.7. The van der Waals surface area contributed by atoms with Crippen molar-refractivity contribution in [2.45, 2.75) is 12.5 Å². The molecule has 18 heavy (non-hydrogen) atoms. The Morgan fingerprint density at radius 2 is 1.89 bits per heavy atom. The van der Waals surface area contributed by atoms with Crippen LogP contribution in [0, 0.1) is 0 Å². The summed E-state index contributed by atoms with van der Waals surface area (Å²) in [4.78, 5) is 21.7. The SMILES string of the molecule is O=C(NCCC(O)C(=O)O)Nc1ccc(Br)cc1. The second-order valence-electron chi connectivity index (χ2n) is 3.53. The first-order chi connectivity index (χ1) is 8.49. The van der Waals surface area contributed by atoms with Gasteiger partial charge in [-0.3, -0.25) is 0 Å². The van der Waals surface area contributed by atoms with Gasteiger partial charge >= 0.3 is 12.0 Å². The Kier molecular flexibility index (Phi) is 5.60. The Hall–Kier alpha value is -1.60. The number of amides is 2. The number of carboxylic acids is 1. The average Bonchev–Trinajstić information content (AvgIpc) is 2.32. The van der Waals surface area contributed by atoms with Gasteiger partial charge in [-0.05, 0) is 24.3 Å². The van der Waals surface area contributed by atoms with Gasteiger partial charge in [0.1, 0.15) is 0 Å². The highest BCUT2D eigenvalue weighted by Crippen LogP contribution is 2.13. The summed E-state index contributed by atoms with van der Waals surface area (Å²) in [6.45, 7) is 0.0792. The van der Waals surface area contributed by atoms with E-state index in [1.54, 1.807) is 24.3 Å². The Bertz CT molecular complexity index is 422. The number of hydrogen-bond donors (Lipinski definition) is 4. The van der Waals surface area contributed by atoms with Crippen LogP contribution in [0.2, 0.25) is 0 Å². The van der Waals surface area contributed by atoms with Crippen LogP contribution in [0.1, 0.15) is 6.42 Å². The number of carboxylic acid groups (broad SMARTS) is 1. The smallest absolute Gasteiger partial charge is 0.332 e. The van der Waals surface area contributed by atoms with Crippen molar-refractivity contribution in [3.05, 3.63) is 28.7 Å². The molecule has 1 atom stereocenters. The quantitative estimate of drug-likeness (QED) is 0.660. The molecule has 98 valence electrons. The predicted octanol–water partition coefficient (Wildman–Crippen LogP) is 1.41. The standard InChI is InChI=1S/C11H13BrN2O4/c12-7-1-3-8(4-2-7)14-11(18)13-6-5-9(15)10(16)17/h1-4,9,15H,5-6H2,(H,16,17)(H2,13,14,18). The van der Waals surface area contributed by atoms with Crippen LogP contribution >= 0.6 is 15.9 Å². The highest BCUT2D eigenvalue weighted by molar-refractivity contribution is 9.10. The summed E-state index contributed by atoms with van der Waals surface area (Å²) < 4.78 is 0.901. The summed E-state index contributed by atoms with van der Waals surface area (Å²) in [5, 5.41) is 22.4. The van der Waals surface area contributed by atoms with E-state index in [4.69, 9.17) is 10.2 Å². The summed E-state index contributed by atoms with van der Waals surface area (Å²) in [5.41, 5.74) is 0.620. The van der Waals surface area contributed by atoms with Gasteiger partial charge in [0.2, 0.25) is 0 Å². The molecule has 0 spiro atoms. The maximum atomic E-state index is 11.4. The number of rotatable bonds is 5. The average molecular weight is 317 g/mol. The number of urea groups is 1. The summed E-state index contributed by atoms with van der Waals surface area (Å²) >= 11 is 3.27. The highest BCUT2D eigenvalue weighted by atomic mass is 79.9. The highest BCUT2D eigenvalue weighted by Gasteiger charge is 2.12. The summed E-state index contributed by atoms with van der Waals surface area (Å²) in [5.74, 6) is -1.30. The van der Waals surface area contributed by atoms with Crippen LogP contribution in [0.5, 0.6) is 0 Å². The van der Waals surface area contributed by atoms with Gasteiger partial charge < -0.3 is 20.8 Å². The van der Waals surface area contributed by atoms with E-state index in [0.717, 1.165) is 4.47 Å². The van der Waals surface area contributed by atoms with Crippen molar-refractivity contribution in [1.82, 2.24) is 5.32 Å². The van der Waals surface area contributed by atoms with Crippen LogP contribution in [0.15, 0.2) is 28.7 Å². The molecule has 0 bridgehead atoms. The van der Waals surface area contributed by atoms with Crippen LogP contribution in [0.25, 0.3) is 0 Å². The lowest BCUT2D eigenvalue weighted by Crippen LogP contribution is -2.33. The zero-order chi connectivity index (χ0) is 13.5. The minimum atomic E-state index is -1.46. The molecule has 1 aromatic carbocycles. The van der Waals surface area contributed by atoms with Gasteiger partial charge in [-0.25, -0.2) is 9.59 Å². The zero-order valence-corrected chi connectivity index (χ0v) is 11.0. The number of nitrogens with one attached hydrogen (secondary N) is 2. The van der Waals surface area contributed by atoms with Crippen LogP contribution in [-0.4, -0.2) is 34.9 Å². The molecule has 1 rings (SSSR count). The number of aliphatic carboxylic acids is 1. The van der Waals surface area contributed by atoms with Crippen molar-refractivity contribution in [3.8, 4) is 0 Å². The lowest BCUT2D eigenvalue weighted by atomic mass is 10.2. The van der Waals surface area contributed by atoms with Crippen molar-refractivity contribution < 1.29 is 19.8 Å². The summed E-state index contributed by atoms with van der Waals surface area (Å²) in [7, 11) is 0. The number of carbonyl (C=O) groups excluding carboxylic acids is 1. The molecule has 0 aromatic heterocycles. The number of aliphatic hydroxyl groups excluding tert-OH is 1. The first-order valence-electron chi connectivity index (χ1n) is 5.20. The molecule has 2 amide bonds. The van der Waals surface area contributed by atoms with Gasteiger partial charge in [-0.2, -0.15) is 0 Å². The topological polar surface area (TPSA) is 98.7 Å². The summed E-state index contributed by atoms with van der Waals surface area (Å²) in [6.07, 6.45) is -1.50. The molecule has 4 N–H and O–H groups in total. The lowest BCUT2D eigenvalue weighted by molar-refractivity contribution is -0.146. The molecule has 6 nitrogen and oxygen atoms in total. The predicted molar refractivity (Wildman–Crippen MR) is 69.4 cm³/mol. The minimum absolute atomic E-state index is 0.0386. The lowest BCUT2D eigenvalue weighted by Gasteiger charge is -2.09. The number of aliphatic hydroxyl groups is 1. The largest absolute Gasteiger partial charge is 0.479 e. The van der Waals surface area contributed by atoms with E-state index in [1.165, 1.54) is 0 Å². The third-order valence-electron chi connectivity index (χ3n) is 2.09. The van der Waals surface area contributed by atoms with E-state index >= 15 is 0 Å². The van der Waals surface area contributed by atoms with Gasteiger partial charge in [0.15, 0.2) is 6.10 Å². The van der Waals surface area contributed by atoms with Gasteiger partial charge in [-0.15, -0.1) is 0 Å². The van der Waals surface area contributed by atoms with Crippen molar-refractivity contribution in [2.75, 3.05) is 11.9 Å². The second kappa shape index (κ2) is 6.97. The van der Waals surface area contributed by atoms with E-state index in [-0.39, 0.29) is 13.0 Å². The molecular weight excluding hydrogens is 304 g/mol. The van der Waals surface area contributed by atoms with E-state index in [0.29, 0.717) is 5.69 Å².